The number of hydrogen-bond acceptors (Lipinski definition) is 3. The van der Waals surface area contributed by atoms with Crippen molar-refractivity contribution >= 4 is 15.9 Å². The maximum atomic E-state index is 5.76. The average Bonchev–Trinajstić information content (AvgIpc) is 2.64. The van der Waals surface area contributed by atoms with E-state index in [1.807, 2.05) is 32.4 Å². The molecular formula is C11H17BrN2O2. The van der Waals surface area contributed by atoms with Crippen molar-refractivity contribution in [3.8, 4) is 0 Å². The van der Waals surface area contributed by atoms with E-state index in [2.05, 4.69) is 21.0 Å². The third kappa shape index (κ3) is 2.31. The second-order valence-corrected chi connectivity index (χ2v) is 5.41. The van der Waals surface area contributed by atoms with Crippen LogP contribution in [0.2, 0.25) is 0 Å². The Labute approximate surface area is 104 Å². The van der Waals surface area contributed by atoms with Crippen molar-refractivity contribution in [2.45, 2.75) is 46.1 Å². The maximum absolute atomic E-state index is 5.76. The molecule has 2 rings (SSSR count). The third-order valence-electron chi connectivity index (χ3n) is 2.74. The van der Waals surface area contributed by atoms with Gasteiger partial charge in [0.25, 0.3) is 0 Å². The summed E-state index contributed by atoms with van der Waals surface area (Å²) >= 11 is 3.52. The summed E-state index contributed by atoms with van der Waals surface area (Å²) in [6.45, 7) is 9.27. The van der Waals surface area contributed by atoms with Crippen LogP contribution < -0.4 is 0 Å². The van der Waals surface area contributed by atoms with Crippen molar-refractivity contribution in [1.82, 2.24) is 9.78 Å². The van der Waals surface area contributed by atoms with Crippen molar-refractivity contribution in [2.75, 3.05) is 6.61 Å². The van der Waals surface area contributed by atoms with Gasteiger partial charge in [0.15, 0.2) is 5.79 Å². The molecule has 2 heterocycles. The minimum atomic E-state index is -0.460. The molecule has 1 aliphatic rings. The Morgan fingerprint density at radius 1 is 1.50 bits per heavy atom. The van der Waals surface area contributed by atoms with E-state index in [0.29, 0.717) is 6.61 Å². The summed E-state index contributed by atoms with van der Waals surface area (Å²) in [6.07, 6.45) is 0.0832. The zero-order valence-corrected chi connectivity index (χ0v) is 11.7. The number of ether oxygens (including phenoxy) is 2. The van der Waals surface area contributed by atoms with Crippen LogP contribution >= 0.6 is 15.9 Å². The van der Waals surface area contributed by atoms with Gasteiger partial charge in [0, 0.05) is 5.69 Å². The minimum absolute atomic E-state index is 0.0832. The fourth-order valence-electron chi connectivity index (χ4n) is 1.90. The van der Waals surface area contributed by atoms with E-state index < -0.39 is 5.79 Å². The van der Waals surface area contributed by atoms with Crippen LogP contribution in [-0.2, 0) is 16.0 Å². The lowest BCUT2D eigenvalue weighted by atomic mass is 10.3. The van der Waals surface area contributed by atoms with Gasteiger partial charge in [-0.05, 0) is 43.6 Å². The lowest BCUT2D eigenvalue weighted by Crippen LogP contribution is -2.24. The molecule has 4 nitrogen and oxygen atoms in total. The first-order chi connectivity index (χ1) is 7.39. The first-order valence-electron chi connectivity index (χ1n) is 5.40. The number of hydrogen-bond donors (Lipinski definition) is 0. The molecular weight excluding hydrogens is 272 g/mol. The van der Waals surface area contributed by atoms with Crippen molar-refractivity contribution in [1.29, 1.82) is 0 Å². The van der Waals surface area contributed by atoms with Crippen LogP contribution in [0.4, 0.5) is 0 Å². The minimum Gasteiger partial charge on any atom is -0.348 e. The normalized spacial score (nSPS) is 23.9. The van der Waals surface area contributed by atoms with Gasteiger partial charge in [0.2, 0.25) is 0 Å². The number of halogens is 1. The SMILES string of the molecule is Cc1nn(C[C@@H]2COC(C)(C)O2)c(C)c1Br. The number of nitrogens with zero attached hydrogens (tertiary/aromatic N) is 2. The average molecular weight is 289 g/mol. The molecule has 0 bridgehead atoms. The monoisotopic (exact) mass is 288 g/mol. The van der Waals surface area contributed by atoms with Gasteiger partial charge < -0.3 is 9.47 Å². The molecule has 0 spiro atoms. The fourth-order valence-corrected chi connectivity index (χ4v) is 2.18. The Balaban J connectivity index is 2.08. The lowest BCUT2D eigenvalue weighted by Gasteiger charge is -2.17. The highest BCUT2D eigenvalue weighted by Gasteiger charge is 2.33. The zero-order valence-electron chi connectivity index (χ0n) is 10.1. The first-order valence-corrected chi connectivity index (χ1v) is 6.19. The van der Waals surface area contributed by atoms with Crippen LogP contribution in [0.15, 0.2) is 4.47 Å². The van der Waals surface area contributed by atoms with Crippen LogP contribution in [0.5, 0.6) is 0 Å². The molecule has 90 valence electrons. The van der Waals surface area contributed by atoms with Crippen LogP contribution in [-0.4, -0.2) is 28.3 Å². The molecule has 0 unspecified atom stereocenters. The molecule has 1 aromatic rings. The van der Waals surface area contributed by atoms with E-state index in [4.69, 9.17) is 9.47 Å². The Kier molecular flexibility index (Phi) is 3.11. The molecule has 0 amide bonds. The topological polar surface area (TPSA) is 36.3 Å². The van der Waals surface area contributed by atoms with Crippen molar-refractivity contribution in [3.63, 3.8) is 0 Å². The molecule has 1 fully saturated rings. The molecule has 1 aromatic heterocycles. The van der Waals surface area contributed by atoms with Crippen LogP contribution in [0.3, 0.4) is 0 Å². The lowest BCUT2D eigenvalue weighted by molar-refractivity contribution is -0.139. The van der Waals surface area contributed by atoms with Gasteiger partial charge >= 0.3 is 0 Å². The number of rotatable bonds is 2. The van der Waals surface area contributed by atoms with E-state index >= 15 is 0 Å². The van der Waals surface area contributed by atoms with Crippen LogP contribution in [0.25, 0.3) is 0 Å². The summed E-state index contributed by atoms with van der Waals surface area (Å²) in [5, 5.41) is 4.46. The van der Waals surface area contributed by atoms with Gasteiger partial charge in [-0.3, -0.25) is 4.68 Å². The molecule has 1 saturated heterocycles. The van der Waals surface area contributed by atoms with Gasteiger partial charge in [0.05, 0.1) is 23.3 Å². The number of aromatic nitrogens is 2. The highest BCUT2D eigenvalue weighted by Crippen LogP contribution is 2.25. The summed E-state index contributed by atoms with van der Waals surface area (Å²) in [5.41, 5.74) is 2.14. The van der Waals surface area contributed by atoms with E-state index in [1.54, 1.807) is 0 Å². The zero-order chi connectivity index (χ0) is 11.9. The number of aryl methyl sites for hydroxylation is 1. The van der Waals surface area contributed by atoms with Gasteiger partial charge in [0.1, 0.15) is 6.10 Å². The largest absolute Gasteiger partial charge is 0.348 e. The van der Waals surface area contributed by atoms with Crippen molar-refractivity contribution < 1.29 is 9.47 Å². The predicted molar refractivity (Wildman–Crippen MR) is 64.3 cm³/mol. The molecule has 16 heavy (non-hydrogen) atoms. The molecule has 5 heteroatoms. The Bertz CT molecular complexity index is 401. The molecule has 0 saturated carbocycles. The molecule has 0 N–H and O–H groups in total. The fraction of sp³-hybridized carbons (Fsp3) is 0.727. The Morgan fingerprint density at radius 3 is 2.62 bits per heavy atom. The first kappa shape index (κ1) is 12.1. The molecule has 0 aromatic carbocycles. The second kappa shape index (κ2) is 4.13. The van der Waals surface area contributed by atoms with Crippen LogP contribution in [0.1, 0.15) is 25.2 Å². The van der Waals surface area contributed by atoms with E-state index in [0.717, 1.165) is 22.4 Å². The highest BCUT2D eigenvalue weighted by molar-refractivity contribution is 9.10. The second-order valence-electron chi connectivity index (χ2n) is 4.62. The quantitative estimate of drug-likeness (QED) is 0.839. The molecule has 1 aliphatic heterocycles. The van der Waals surface area contributed by atoms with Gasteiger partial charge in [-0.2, -0.15) is 5.10 Å². The maximum Gasteiger partial charge on any atom is 0.163 e. The van der Waals surface area contributed by atoms with Gasteiger partial charge in [-0.1, -0.05) is 0 Å². The molecule has 0 radical (unpaired) electrons. The summed E-state index contributed by atoms with van der Waals surface area (Å²) in [6, 6.07) is 0. The summed E-state index contributed by atoms with van der Waals surface area (Å²) < 4.78 is 14.3. The van der Waals surface area contributed by atoms with E-state index in [1.165, 1.54) is 0 Å². The van der Waals surface area contributed by atoms with Gasteiger partial charge in [-0.15, -0.1) is 0 Å². The van der Waals surface area contributed by atoms with Crippen LogP contribution in [0, 0.1) is 13.8 Å². The smallest absolute Gasteiger partial charge is 0.163 e. The van der Waals surface area contributed by atoms with E-state index in [-0.39, 0.29) is 6.10 Å². The predicted octanol–water partition coefficient (Wildman–Crippen LogP) is 2.41. The molecule has 0 aliphatic carbocycles. The van der Waals surface area contributed by atoms with E-state index in [9.17, 15) is 0 Å². The summed E-state index contributed by atoms with van der Waals surface area (Å²) in [4.78, 5) is 0. The summed E-state index contributed by atoms with van der Waals surface area (Å²) in [7, 11) is 0. The Morgan fingerprint density at radius 2 is 2.19 bits per heavy atom. The summed E-state index contributed by atoms with van der Waals surface area (Å²) in [5.74, 6) is -0.460. The Hall–Kier alpha value is -0.390. The third-order valence-corrected chi connectivity index (χ3v) is 3.88. The standard InChI is InChI=1S/C11H17BrN2O2/c1-7-10(12)8(2)14(13-7)5-9-6-15-11(3,4)16-9/h9H,5-6H2,1-4H3/t9-/m1/s1. The van der Waals surface area contributed by atoms with Gasteiger partial charge in [-0.25, -0.2) is 0 Å². The van der Waals surface area contributed by atoms with Crippen molar-refractivity contribution in [2.24, 2.45) is 0 Å². The van der Waals surface area contributed by atoms with Crippen molar-refractivity contribution in [3.05, 3.63) is 15.9 Å². The highest BCUT2D eigenvalue weighted by atomic mass is 79.9. The molecule has 1 atom stereocenters.